The average molecular weight is 209 g/mol. The van der Waals surface area contributed by atoms with Gasteiger partial charge >= 0.3 is 0 Å². The monoisotopic (exact) mass is 209 g/mol. The summed E-state index contributed by atoms with van der Waals surface area (Å²) in [6.45, 7) is 13.3. The first-order chi connectivity index (χ1) is 6.61. The van der Waals surface area contributed by atoms with Crippen LogP contribution < -0.4 is 5.32 Å². The first-order valence-corrected chi connectivity index (χ1v) is 5.91. The fourth-order valence-corrected chi connectivity index (χ4v) is 2.71. The molecule has 86 valence electrons. The summed E-state index contributed by atoms with van der Waals surface area (Å²) in [5.41, 5.74) is 0.747. The van der Waals surface area contributed by atoms with E-state index in [4.69, 9.17) is 0 Å². The van der Waals surface area contributed by atoms with E-state index >= 15 is 0 Å². The third-order valence-electron chi connectivity index (χ3n) is 5.14. The summed E-state index contributed by atoms with van der Waals surface area (Å²) < 4.78 is 0. The Kier molecular flexibility index (Phi) is 1.89. The zero-order chi connectivity index (χ0) is 11.6. The van der Waals surface area contributed by atoms with Crippen molar-refractivity contribution in [1.82, 2.24) is 5.32 Å². The number of amides is 1. The highest BCUT2D eigenvalue weighted by Gasteiger charge is 2.66. The molecule has 0 aromatic carbocycles. The van der Waals surface area contributed by atoms with Crippen LogP contribution in [0.2, 0.25) is 0 Å². The Labute approximate surface area is 92.8 Å². The van der Waals surface area contributed by atoms with Gasteiger partial charge in [-0.05, 0) is 22.7 Å². The molecule has 1 unspecified atom stereocenters. The molecule has 0 saturated heterocycles. The largest absolute Gasteiger partial charge is 0.352 e. The normalized spacial score (nSPS) is 34.7. The number of nitrogens with one attached hydrogen (secondary N) is 1. The quantitative estimate of drug-likeness (QED) is 0.744. The van der Waals surface area contributed by atoms with Gasteiger partial charge in [0.15, 0.2) is 0 Å². The molecule has 1 amide bonds. The van der Waals surface area contributed by atoms with Gasteiger partial charge in [-0.25, -0.2) is 0 Å². The zero-order valence-electron chi connectivity index (χ0n) is 10.8. The Balaban J connectivity index is 1.93. The van der Waals surface area contributed by atoms with E-state index in [1.54, 1.807) is 0 Å². The topological polar surface area (TPSA) is 29.1 Å². The molecule has 0 heterocycles. The molecule has 2 nitrogen and oxygen atoms in total. The predicted octanol–water partition coefficient (Wildman–Crippen LogP) is 2.58. The van der Waals surface area contributed by atoms with Gasteiger partial charge in [0, 0.05) is 12.0 Å². The molecule has 0 spiro atoms. The number of carbonyl (C=O) groups excluding carboxylic acids is 1. The fourth-order valence-electron chi connectivity index (χ4n) is 2.71. The van der Waals surface area contributed by atoms with Gasteiger partial charge in [-0.2, -0.15) is 0 Å². The zero-order valence-corrected chi connectivity index (χ0v) is 10.8. The Bertz CT molecular complexity index is 300. The first kappa shape index (κ1) is 11.0. The van der Waals surface area contributed by atoms with Gasteiger partial charge in [0.25, 0.3) is 0 Å². The van der Waals surface area contributed by atoms with Crippen molar-refractivity contribution in [3.63, 3.8) is 0 Å². The Morgan fingerprint density at radius 2 is 1.47 bits per heavy atom. The van der Waals surface area contributed by atoms with Crippen molar-refractivity contribution < 1.29 is 4.79 Å². The molecule has 2 saturated carbocycles. The van der Waals surface area contributed by atoms with Crippen molar-refractivity contribution in [3.05, 3.63) is 0 Å². The van der Waals surface area contributed by atoms with Crippen LogP contribution in [-0.4, -0.2) is 11.9 Å². The van der Waals surface area contributed by atoms with Crippen LogP contribution in [0.5, 0.6) is 0 Å². The molecule has 2 aliphatic carbocycles. The summed E-state index contributed by atoms with van der Waals surface area (Å²) in [5, 5.41) is 3.21. The number of carbonyl (C=O) groups is 1. The molecule has 1 atom stereocenters. The van der Waals surface area contributed by atoms with Crippen LogP contribution in [0.1, 0.15) is 48.0 Å². The highest BCUT2D eigenvalue weighted by molar-refractivity contribution is 5.83. The molecule has 0 bridgehead atoms. The second-order valence-electron chi connectivity index (χ2n) is 7.13. The summed E-state index contributed by atoms with van der Waals surface area (Å²) in [5.74, 6) is 0.522. The standard InChI is InChI=1S/C13H23NO/c1-11(2)7-8(11)9(15)14-10-12(3,4)13(10,5)6/h8,10H,7H2,1-6H3,(H,14,15). The molecule has 0 radical (unpaired) electrons. The van der Waals surface area contributed by atoms with Crippen LogP contribution in [0.4, 0.5) is 0 Å². The lowest BCUT2D eigenvalue weighted by atomic mass is 10.0. The summed E-state index contributed by atoms with van der Waals surface area (Å²) in [4.78, 5) is 11.9. The van der Waals surface area contributed by atoms with E-state index in [-0.39, 0.29) is 28.1 Å². The van der Waals surface area contributed by atoms with Gasteiger partial charge in [0.05, 0.1) is 0 Å². The summed E-state index contributed by atoms with van der Waals surface area (Å²) in [6.07, 6.45) is 1.05. The van der Waals surface area contributed by atoms with Crippen LogP contribution in [-0.2, 0) is 4.79 Å². The molecule has 2 rings (SSSR count). The van der Waals surface area contributed by atoms with Crippen molar-refractivity contribution in [1.29, 1.82) is 0 Å². The minimum atomic E-state index is 0.243. The van der Waals surface area contributed by atoms with E-state index in [9.17, 15) is 4.79 Å². The average Bonchev–Trinajstić information content (AvgIpc) is 2.79. The van der Waals surface area contributed by atoms with E-state index in [0.29, 0.717) is 6.04 Å². The van der Waals surface area contributed by atoms with Gasteiger partial charge in [0.2, 0.25) is 5.91 Å². The van der Waals surface area contributed by atoms with Crippen molar-refractivity contribution >= 4 is 5.91 Å². The second-order valence-corrected chi connectivity index (χ2v) is 7.13. The SMILES string of the molecule is CC1(C)CC1C(=O)NC1C(C)(C)C1(C)C. The number of hydrogen-bond donors (Lipinski definition) is 1. The van der Waals surface area contributed by atoms with E-state index < -0.39 is 0 Å². The fraction of sp³-hybridized carbons (Fsp3) is 0.923. The van der Waals surface area contributed by atoms with Crippen LogP contribution in [0.3, 0.4) is 0 Å². The van der Waals surface area contributed by atoms with E-state index in [2.05, 4.69) is 46.9 Å². The molecule has 2 heteroatoms. The Hall–Kier alpha value is -0.530. The lowest BCUT2D eigenvalue weighted by Gasteiger charge is -2.07. The molecule has 0 aromatic heterocycles. The van der Waals surface area contributed by atoms with E-state index in [1.165, 1.54) is 0 Å². The summed E-state index contributed by atoms with van der Waals surface area (Å²) in [7, 11) is 0. The summed E-state index contributed by atoms with van der Waals surface area (Å²) in [6, 6.07) is 0.355. The van der Waals surface area contributed by atoms with Crippen LogP contribution in [0.25, 0.3) is 0 Å². The van der Waals surface area contributed by atoms with E-state index in [1.807, 2.05) is 0 Å². The summed E-state index contributed by atoms with van der Waals surface area (Å²) >= 11 is 0. The Morgan fingerprint density at radius 3 is 1.73 bits per heavy atom. The Morgan fingerprint density at radius 1 is 1.07 bits per heavy atom. The lowest BCUT2D eigenvalue weighted by Crippen LogP contribution is -2.32. The molecule has 0 aliphatic heterocycles. The molecule has 2 fully saturated rings. The maximum absolute atomic E-state index is 11.9. The molecule has 0 aromatic rings. The highest BCUT2D eigenvalue weighted by atomic mass is 16.2. The predicted molar refractivity (Wildman–Crippen MR) is 61.4 cm³/mol. The van der Waals surface area contributed by atoms with Crippen molar-refractivity contribution in [2.75, 3.05) is 0 Å². The lowest BCUT2D eigenvalue weighted by molar-refractivity contribution is -0.123. The van der Waals surface area contributed by atoms with Gasteiger partial charge in [-0.1, -0.05) is 41.5 Å². The van der Waals surface area contributed by atoms with Gasteiger partial charge in [0.1, 0.15) is 0 Å². The van der Waals surface area contributed by atoms with Crippen LogP contribution in [0.15, 0.2) is 0 Å². The molecule has 1 N–H and O–H groups in total. The van der Waals surface area contributed by atoms with Gasteiger partial charge in [-0.3, -0.25) is 4.79 Å². The molecule has 2 aliphatic rings. The van der Waals surface area contributed by atoms with Gasteiger partial charge in [-0.15, -0.1) is 0 Å². The third-order valence-corrected chi connectivity index (χ3v) is 5.14. The van der Waals surface area contributed by atoms with Crippen molar-refractivity contribution in [2.24, 2.45) is 22.2 Å². The maximum atomic E-state index is 11.9. The van der Waals surface area contributed by atoms with Crippen LogP contribution >= 0.6 is 0 Å². The molecular formula is C13H23NO. The number of hydrogen-bond acceptors (Lipinski definition) is 1. The van der Waals surface area contributed by atoms with Gasteiger partial charge < -0.3 is 5.32 Å². The second kappa shape index (κ2) is 2.58. The number of rotatable bonds is 2. The van der Waals surface area contributed by atoms with Crippen LogP contribution in [0, 0.1) is 22.2 Å². The van der Waals surface area contributed by atoms with E-state index in [0.717, 1.165) is 6.42 Å². The molecular weight excluding hydrogens is 186 g/mol. The third kappa shape index (κ3) is 1.41. The first-order valence-electron chi connectivity index (χ1n) is 5.91. The van der Waals surface area contributed by atoms with Crippen molar-refractivity contribution in [2.45, 2.75) is 54.0 Å². The highest BCUT2D eigenvalue weighted by Crippen LogP contribution is 2.63. The smallest absolute Gasteiger partial charge is 0.223 e. The molecule has 15 heavy (non-hydrogen) atoms. The maximum Gasteiger partial charge on any atom is 0.223 e. The minimum absolute atomic E-state index is 0.243. The minimum Gasteiger partial charge on any atom is -0.352 e. The van der Waals surface area contributed by atoms with Crippen molar-refractivity contribution in [3.8, 4) is 0 Å².